The molecular weight excluding hydrogens is 256 g/mol. The van der Waals surface area contributed by atoms with Crippen LogP contribution >= 0.6 is 0 Å². The fraction of sp³-hybridized carbons (Fsp3) is 0.300. The Labute approximate surface area is 104 Å². The molecule has 7 nitrogen and oxygen atoms in total. The molecule has 0 aliphatic carbocycles. The molecule has 2 N–H and O–H groups in total. The number of sulfone groups is 1. The molecule has 2 rings (SSSR count). The Morgan fingerprint density at radius 3 is 2.78 bits per heavy atom. The van der Waals surface area contributed by atoms with E-state index in [-0.39, 0.29) is 11.7 Å². The van der Waals surface area contributed by atoms with E-state index in [4.69, 9.17) is 10.3 Å². The lowest BCUT2D eigenvalue weighted by Crippen LogP contribution is -2.09. The molecule has 0 bridgehead atoms. The molecule has 0 saturated heterocycles. The molecule has 96 valence electrons. The molecule has 0 aromatic carbocycles. The summed E-state index contributed by atoms with van der Waals surface area (Å²) in [7, 11) is -3.25. The molecule has 2 aromatic rings. The van der Waals surface area contributed by atoms with Crippen molar-refractivity contribution < 1.29 is 12.9 Å². The number of pyridine rings is 1. The van der Waals surface area contributed by atoms with Crippen LogP contribution in [0.3, 0.4) is 0 Å². The lowest BCUT2D eigenvalue weighted by molar-refractivity contribution is 0.421. The van der Waals surface area contributed by atoms with E-state index in [1.165, 1.54) is 13.1 Å². The van der Waals surface area contributed by atoms with Crippen LogP contribution in [0.15, 0.2) is 22.9 Å². The van der Waals surface area contributed by atoms with Crippen LogP contribution in [0.4, 0.5) is 5.82 Å². The quantitative estimate of drug-likeness (QED) is 0.876. The highest BCUT2D eigenvalue weighted by Crippen LogP contribution is 2.23. The molecular formula is C10H12N4O3S. The summed E-state index contributed by atoms with van der Waals surface area (Å²) in [6.07, 6.45) is 2.63. The number of rotatable bonds is 3. The van der Waals surface area contributed by atoms with Crippen molar-refractivity contribution in [2.24, 2.45) is 0 Å². The Bertz CT molecular complexity index is 665. The van der Waals surface area contributed by atoms with Gasteiger partial charge in [-0.2, -0.15) is 4.98 Å². The summed E-state index contributed by atoms with van der Waals surface area (Å²) in [5, 5.41) is 2.85. The SMILES string of the molecule is CC(c1noc(-c2ccnc(N)c2)n1)S(C)(=O)=O. The van der Waals surface area contributed by atoms with Crippen LogP contribution in [0.25, 0.3) is 11.5 Å². The zero-order valence-electron chi connectivity index (χ0n) is 9.86. The van der Waals surface area contributed by atoms with Crippen LogP contribution in [-0.4, -0.2) is 29.8 Å². The van der Waals surface area contributed by atoms with Gasteiger partial charge in [-0.15, -0.1) is 0 Å². The van der Waals surface area contributed by atoms with Gasteiger partial charge in [0.25, 0.3) is 5.89 Å². The molecule has 0 aliphatic rings. The first-order valence-corrected chi connectivity index (χ1v) is 7.08. The third-order valence-electron chi connectivity index (χ3n) is 2.48. The summed E-state index contributed by atoms with van der Waals surface area (Å²) < 4.78 is 27.8. The molecule has 0 fully saturated rings. The number of hydrogen-bond donors (Lipinski definition) is 1. The Balaban J connectivity index is 2.37. The molecule has 2 aromatic heterocycles. The summed E-state index contributed by atoms with van der Waals surface area (Å²) in [6.45, 7) is 1.50. The van der Waals surface area contributed by atoms with Gasteiger partial charge in [0.05, 0.1) is 0 Å². The van der Waals surface area contributed by atoms with Gasteiger partial charge >= 0.3 is 0 Å². The smallest absolute Gasteiger partial charge is 0.258 e. The minimum atomic E-state index is -3.25. The third-order valence-corrected chi connectivity index (χ3v) is 3.97. The van der Waals surface area contributed by atoms with Gasteiger partial charge in [0.15, 0.2) is 15.7 Å². The summed E-state index contributed by atoms with van der Waals surface area (Å²) >= 11 is 0. The fourth-order valence-electron chi connectivity index (χ4n) is 1.29. The van der Waals surface area contributed by atoms with E-state index in [1.807, 2.05) is 0 Å². The van der Waals surface area contributed by atoms with E-state index in [9.17, 15) is 8.42 Å². The zero-order chi connectivity index (χ0) is 13.3. The van der Waals surface area contributed by atoms with Crippen LogP contribution in [0, 0.1) is 0 Å². The van der Waals surface area contributed by atoms with Gasteiger partial charge in [-0.3, -0.25) is 0 Å². The van der Waals surface area contributed by atoms with Crippen LogP contribution < -0.4 is 5.73 Å². The molecule has 0 aliphatic heterocycles. The summed E-state index contributed by atoms with van der Waals surface area (Å²) in [5.41, 5.74) is 6.13. The molecule has 2 heterocycles. The summed E-state index contributed by atoms with van der Waals surface area (Å²) in [6, 6.07) is 3.22. The van der Waals surface area contributed by atoms with Gasteiger partial charge in [0.1, 0.15) is 11.1 Å². The number of aromatic nitrogens is 3. The molecule has 8 heteroatoms. The number of hydrogen-bond acceptors (Lipinski definition) is 7. The van der Waals surface area contributed by atoms with Gasteiger partial charge in [0.2, 0.25) is 0 Å². The number of nitrogens with zero attached hydrogens (tertiary/aromatic N) is 3. The normalized spacial score (nSPS) is 13.4. The lowest BCUT2D eigenvalue weighted by Gasteiger charge is -2.01. The molecule has 0 amide bonds. The first-order chi connectivity index (χ1) is 8.38. The van der Waals surface area contributed by atoms with E-state index >= 15 is 0 Å². The predicted molar refractivity (Wildman–Crippen MR) is 65.2 cm³/mol. The van der Waals surface area contributed by atoms with Gasteiger partial charge < -0.3 is 10.3 Å². The largest absolute Gasteiger partial charge is 0.384 e. The molecule has 0 spiro atoms. The second kappa shape index (κ2) is 4.37. The highest BCUT2D eigenvalue weighted by molar-refractivity contribution is 7.90. The van der Waals surface area contributed by atoms with E-state index in [1.54, 1.807) is 12.1 Å². The molecule has 0 radical (unpaired) electrons. The van der Waals surface area contributed by atoms with Gasteiger partial charge in [-0.1, -0.05) is 5.16 Å². The topological polar surface area (TPSA) is 112 Å². The Morgan fingerprint density at radius 2 is 2.17 bits per heavy atom. The van der Waals surface area contributed by atoms with E-state index in [0.29, 0.717) is 11.4 Å². The van der Waals surface area contributed by atoms with Crippen molar-refractivity contribution in [2.75, 3.05) is 12.0 Å². The first kappa shape index (κ1) is 12.5. The number of anilines is 1. The van der Waals surface area contributed by atoms with Gasteiger partial charge in [-0.25, -0.2) is 13.4 Å². The molecule has 1 atom stereocenters. The highest BCUT2D eigenvalue weighted by atomic mass is 32.2. The van der Waals surface area contributed by atoms with Crippen molar-refractivity contribution >= 4 is 15.7 Å². The fourth-order valence-corrected chi connectivity index (χ4v) is 1.77. The summed E-state index contributed by atoms with van der Waals surface area (Å²) in [5.74, 6) is 0.667. The predicted octanol–water partition coefficient (Wildman–Crippen LogP) is 0.819. The van der Waals surface area contributed by atoms with Crippen LogP contribution in [0.5, 0.6) is 0 Å². The highest BCUT2D eigenvalue weighted by Gasteiger charge is 2.23. The average molecular weight is 268 g/mol. The lowest BCUT2D eigenvalue weighted by atomic mass is 10.2. The van der Waals surface area contributed by atoms with Gasteiger partial charge in [0, 0.05) is 18.0 Å². The maximum absolute atomic E-state index is 11.4. The molecule has 18 heavy (non-hydrogen) atoms. The first-order valence-electron chi connectivity index (χ1n) is 5.12. The monoisotopic (exact) mass is 268 g/mol. The molecule has 0 saturated carbocycles. The number of nitrogens with two attached hydrogens (primary N) is 1. The van der Waals surface area contributed by atoms with Crippen molar-refractivity contribution in [3.63, 3.8) is 0 Å². The zero-order valence-corrected chi connectivity index (χ0v) is 10.7. The maximum atomic E-state index is 11.4. The van der Waals surface area contributed by atoms with Crippen LogP contribution in [-0.2, 0) is 9.84 Å². The third kappa shape index (κ3) is 2.48. The Kier molecular flexibility index (Phi) is 3.04. The maximum Gasteiger partial charge on any atom is 0.258 e. The average Bonchev–Trinajstić information content (AvgIpc) is 2.75. The van der Waals surface area contributed by atoms with E-state index < -0.39 is 15.1 Å². The van der Waals surface area contributed by atoms with E-state index in [2.05, 4.69) is 15.1 Å². The minimum absolute atomic E-state index is 0.128. The van der Waals surface area contributed by atoms with Gasteiger partial charge in [-0.05, 0) is 19.1 Å². The second-order valence-corrected chi connectivity index (χ2v) is 6.27. The Hall–Kier alpha value is -1.96. The van der Waals surface area contributed by atoms with E-state index in [0.717, 1.165) is 6.26 Å². The van der Waals surface area contributed by atoms with Crippen molar-refractivity contribution in [3.05, 3.63) is 24.2 Å². The second-order valence-electron chi connectivity index (χ2n) is 3.90. The number of nitrogen functional groups attached to an aromatic ring is 1. The Morgan fingerprint density at radius 1 is 1.44 bits per heavy atom. The minimum Gasteiger partial charge on any atom is -0.384 e. The van der Waals surface area contributed by atoms with Crippen LogP contribution in [0.1, 0.15) is 18.0 Å². The van der Waals surface area contributed by atoms with Crippen molar-refractivity contribution in [2.45, 2.75) is 12.2 Å². The molecule has 1 unspecified atom stereocenters. The standard InChI is InChI=1S/C10H12N4O3S/c1-6(18(2,15)16)9-13-10(17-14-9)7-3-4-12-8(11)5-7/h3-6H,1-2H3,(H2,11,12). The summed E-state index contributed by atoms with van der Waals surface area (Å²) in [4.78, 5) is 7.89. The van der Waals surface area contributed by atoms with Crippen molar-refractivity contribution in [3.8, 4) is 11.5 Å². The van der Waals surface area contributed by atoms with Crippen LogP contribution in [0.2, 0.25) is 0 Å². The van der Waals surface area contributed by atoms with Crippen molar-refractivity contribution in [1.29, 1.82) is 0 Å². The van der Waals surface area contributed by atoms with Crippen molar-refractivity contribution in [1.82, 2.24) is 15.1 Å².